The van der Waals surface area contributed by atoms with Crippen LogP contribution >= 0.6 is 0 Å². The average molecular weight is 250 g/mol. The summed E-state index contributed by atoms with van der Waals surface area (Å²) in [5, 5.41) is 2.81. The van der Waals surface area contributed by atoms with Crippen LogP contribution in [0.1, 0.15) is 35.3 Å². The van der Waals surface area contributed by atoms with Crippen LogP contribution in [0.25, 0.3) is 0 Å². The second-order valence-electron chi connectivity index (χ2n) is 4.61. The predicted molar refractivity (Wildman–Crippen MR) is 67.7 cm³/mol. The number of carbonyl (C=O) groups is 1. The first-order chi connectivity index (χ1) is 8.65. The molecule has 1 unspecified atom stereocenters. The summed E-state index contributed by atoms with van der Waals surface area (Å²) in [7, 11) is 0. The monoisotopic (exact) mass is 250 g/mol. The minimum Gasteiger partial charge on any atom is -0.376 e. The molecule has 0 aromatic carbocycles. The summed E-state index contributed by atoms with van der Waals surface area (Å²) in [5.74, 6) is -0.224. The fraction of sp³-hybridized carbons (Fsp3) is 0.538. The fourth-order valence-electron chi connectivity index (χ4n) is 2.09. The second-order valence-corrected chi connectivity index (χ2v) is 4.61. The number of rotatable bonds is 3. The Morgan fingerprint density at radius 2 is 2.33 bits per heavy atom. The molecule has 5 heteroatoms. The van der Waals surface area contributed by atoms with Crippen LogP contribution in [0.4, 0.5) is 0 Å². The van der Waals surface area contributed by atoms with Crippen LogP contribution in [0.2, 0.25) is 0 Å². The van der Waals surface area contributed by atoms with Crippen molar-refractivity contribution in [3.05, 3.63) is 33.7 Å². The zero-order chi connectivity index (χ0) is 13.0. The standard InChI is InChI=1S/C13H18N2O3/c1-9-6-10(7-12(16)15-9)13(17)14-8-11-4-2-3-5-18-11/h6-7,11H,2-5,8H2,1H3,(H,14,17)(H,15,16). The Bertz CT molecular complexity index is 475. The van der Waals surface area contributed by atoms with Crippen LogP contribution in [0, 0.1) is 6.92 Å². The van der Waals surface area contributed by atoms with Crippen LogP contribution in [0.15, 0.2) is 16.9 Å². The fourth-order valence-corrected chi connectivity index (χ4v) is 2.09. The van der Waals surface area contributed by atoms with Gasteiger partial charge in [0.1, 0.15) is 0 Å². The molecular weight excluding hydrogens is 232 g/mol. The number of aryl methyl sites for hydroxylation is 1. The number of hydrogen-bond donors (Lipinski definition) is 2. The molecule has 1 saturated heterocycles. The van der Waals surface area contributed by atoms with Crippen molar-refractivity contribution in [3.8, 4) is 0 Å². The number of pyridine rings is 1. The molecule has 5 nitrogen and oxygen atoms in total. The van der Waals surface area contributed by atoms with Gasteiger partial charge in [0.25, 0.3) is 5.91 Å². The summed E-state index contributed by atoms with van der Waals surface area (Å²) < 4.78 is 5.53. The van der Waals surface area contributed by atoms with Gasteiger partial charge in [-0.1, -0.05) is 0 Å². The Morgan fingerprint density at radius 3 is 3.00 bits per heavy atom. The lowest BCUT2D eigenvalue weighted by atomic mass is 10.1. The quantitative estimate of drug-likeness (QED) is 0.840. The molecule has 0 saturated carbocycles. The van der Waals surface area contributed by atoms with E-state index < -0.39 is 0 Å². The number of ether oxygens (including phenoxy) is 1. The van der Waals surface area contributed by atoms with E-state index in [-0.39, 0.29) is 17.6 Å². The lowest BCUT2D eigenvalue weighted by Gasteiger charge is -2.22. The normalized spacial score (nSPS) is 19.5. The molecule has 1 aliphatic heterocycles. The highest BCUT2D eigenvalue weighted by Gasteiger charge is 2.15. The van der Waals surface area contributed by atoms with E-state index in [1.807, 2.05) is 0 Å². The van der Waals surface area contributed by atoms with Crippen LogP contribution in [-0.2, 0) is 4.74 Å². The van der Waals surface area contributed by atoms with Gasteiger partial charge in [0, 0.05) is 30.5 Å². The lowest BCUT2D eigenvalue weighted by molar-refractivity contribution is 0.0169. The Balaban J connectivity index is 1.92. The third-order valence-corrected chi connectivity index (χ3v) is 3.01. The average Bonchev–Trinajstić information content (AvgIpc) is 2.36. The van der Waals surface area contributed by atoms with Crippen LogP contribution < -0.4 is 10.9 Å². The molecule has 0 aliphatic carbocycles. The van der Waals surface area contributed by atoms with E-state index in [4.69, 9.17) is 4.74 Å². The van der Waals surface area contributed by atoms with Gasteiger partial charge >= 0.3 is 0 Å². The molecule has 2 rings (SSSR count). The van der Waals surface area contributed by atoms with Crippen molar-refractivity contribution < 1.29 is 9.53 Å². The number of amides is 1. The number of aromatic nitrogens is 1. The Morgan fingerprint density at radius 1 is 1.50 bits per heavy atom. The van der Waals surface area contributed by atoms with Crippen molar-refractivity contribution >= 4 is 5.91 Å². The highest BCUT2D eigenvalue weighted by molar-refractivity contribution is 5.94. The van der Waals surface area contributed by atoms with Crippen molar-refractivity contribution in [2.24, 2.45) is 0 Å². The maximum absolute atomic E-state index is 11.9. The SMILES string of the molecule is Cc1cc(C(=O)NCC2CCCCO2)cc(=O)[nH]1. The van der Waals surface area contributed by atoms with Crippen molar-refractivity contribution in [2.45, 2.75) is 32.3 Å². The molecular formula is C13H18N2O3. The zero-order valence-electron chi connectivity index (χ0n) is 10.5. The minimum atomic E-state index is -0.255. The summed E-state index contributed by atoms with van der Waals surface area (Å²) in [4.78, 5) is 25.7. The van der Waals surface area contributed by atoms with Crippen molar-refractivity contribution in [3.63, 3.8) is 0 Å². The van der Waals surface area contributed by atoms with Gasteiger partial charge < -0.3 is 15.0 Å². The second kappa shape index (κ2) is 5.82. The molecule has 0 spiro atoms. The number of hydrogen-bond acceptors (Lipinski definition) is 3. The van der Waals surface area contributed by atoms with Crippen LogP contribution in [0.5, 0.6) is 0 Å². The van der Waals surface area contributed by atoms with Crippen molar-refractivity contribution in [2.75, 3.05) is 13.2 Å². The third kappa shape index (κ3) is 3.43. The Kier molecular flexibility index (Phi) is 4.15. The maximum atomic E-state index is 11.9. The van der Waals surface area contributed by atoms with Gasteiger partial charge in [-0.15, -0.1) is 0 Å². The van der Waals surface area contributed by atoms with E-state index >= 15 is 0 Å². The highest BCUT2D eigenvalue weighted by atomic mass is 16.5. The third-order valence-electron chi connectivity index (χ3n) is 3.01. The van der Waals surface area contributed by atoms with Gasteiger partial charge in [0.2, 0.25) is 5.56 Å². The number of aromatic amines is 1. The number of carbonyl (C=O) groups excluding carboxylic acids is 1. The summed E-state index contributed by atoms with van der Waals surface area (Å²) in [6.07, 6.45) is 3.32. The van der Waals surface area contributed by atoms with Gasteiger partial charge in [0.15, 0.2) is 0 Å². The Hall–Kier alpha value is -1.62. The number of nitrogens with one attached hydrogen (secondary N) is 2. The molecule has 18 heavy (non-hydrogen) atoms. The first-order valence-corrected chi connectivity index (χ1v) is 6.26. The molecule has 0 bridgehead atoms. The first-order valence-electron chi connectivity index (χ1n) is 6.26. The van der Waals surface area contributed by atoms with Crippen LogP contribution in [0.3, 0.4) is 0 Å². The molecule has 1 fully saturated rings. The maximum Gasteiger partial charge on any atom is 0.251 e. The van der Waals surface area contributed by atoms with E-state index in [1.165, 1.54) is 6.07 Å². The first kappa shape index (κ1) is 12.8. The van der Waals surface area contributed by atoms with E-state index in [0.29, 0.717) is 17.8 Å². The smallest absolute Gasteiger partial charge is 0.251 e. The summed E-state index contributed by atoms with van der Waals surface area (Å²) in [5.41, 5.74) is 0.822. The predicted octanol–water partition coefficient (Wildman–Crippen LogP) is 0.982. The largest absolute Gasteiger partial charge is 0.376 e. The van der Waals surface area contributed by atoms with Gasteiger partial charge in [-0.05, 0) is 32.3 Å². The molecule has 0 radical (unpaired) electrons. The molecule has 1 amide bonds. The van der Waals surface area contributed by atoms with Crippen molar-refractivity contribution in [1.82, 2.24) is 10.3 Å². The van der Waals surface area contributed by atoms with E-state index in [0.717, 1.165) is 25.9 Å². The van der Waals surface area contributed by atoms with Gasteiger partial charge in [-0.3, -0.25) is 9.59 Å². The minimum absolute atomic E-state index is 0.103. The summed E-state index contributed by atoms with van der Waals surface area (Å²) >= 11 is 0. The van der Waals surface area contributed by atoms with Gasteiger partial charge in [-0.2, -0.15) is 0 Å². The lowest BCUT2D eigenvalue weighted by Crippen LogP contribution is -2.35. The topological polar surface area (TPSA) is 71.2 Å². The molecule has 2 N–H and O–H groups in total. The summed E-state index contributed by atoms with van der Waals surface area (Å²) in [6.45, 7) is 3.03. The summed E-state index contributed by atoms with van der Waals surface area (Å²) in [6, 6.07) is 2.97. The van der Waals surface area contributed by atoms with E-state index in [9.17, 15) is 9.59 Å². The zero-order valence-corrected chi connectivity index (χ0v) is 10.5. The highest BCUT2D eigenvalue weighted by Crippen LogP contribution is 2.11. The molecule has 98 valence electrons. The van der Waals surface area contributed by atoms with Crippen molar-refractivity contribution in [1.29, 1.82) is 0 Å². The molecule has 1 aromatic heterocycles. The number of H-pyrrole nitrogens is 1. The van der Waals surface area contributed by atoms with Gasteiger partial charge in [0.05, 0.1) is 6.10 Å². The Labute approximate surface area is 106 Å². The van der Waals surface area contributed by atoms with Crippen LogP contribution in [-0.4, -0.2) is 30.1 Å². The van der Waals surface area contributed by atoms with E-state index in [2.05, 4.69) is 10.3 Å². The molecule has 1 aliphatic rings. The molecule has 1 atom stereocenters. The molecule has 2 heterocycles. The molecule has 1 aromatic rings. The van der Waals surface area contributed by atoms with Gasteiger partial charge in [-0.25, -0.2) is 0 Å². The van der Waals surface area contributed by atoms with E-state index in [1.54, 1.807) is 13.0 Å².